The van der Waals surface area contributed by atoms with Gasteiger partial charge >= 0.3 is 6.18 Å². The minimum Gasteiger partial charge on any atom is -0.336 e. The first-order valence-electron chi connectivity index (χ1n) is 5.35. The van der Waals surface area contributed by atoms with Gasteiger partial charge in [-0.25, -0.2) is 9.97 Å². The number of anilines is 1. The molecule has 1 aliphatic heterocycles. The van der Waals surface area contributed by atoms with Crippen LogP contribution in [0.15, 0.2) is 12.4 Å². The molecule has 17 heavy (non-hydrogen) atoms. The Kier molecular flexibility index (Phi) is 3.19. The molecule has 1 saturated heterocycles. The topological polar surface area (TPSA) is 41.0 Å². The van der Waals surface area contributed by atoms with E-state index in [1.54, 1.807) is 0 Å². The summed E-state index contributed by atoms with van der Waals surface area (Å²) in [5, 5.41) is 3.19. The number of piperazine rings is 1. The van der Waals surface area contributed by atoms with E-state index in [4.69, 9.17) is 0 Å². The molecule has 7 heteroatoms. The average Bonchev–Trinajstić information content (AvgIpc) is 2.29. The predicted octanol–water partition coefficient (Wildman–Crippen LogP) is 1.29. The molecule has 0 radical (unpaired) electrons. The van der Waals surface area contributed by atoms with Crippen LogP contribution in [-0.4, -0.2) is 35.6 Å². The first-order chi connectivity index (χ1) is 7.98. The number of hydrogen-bond donors (Lipinski definition) is 1. The van der Waals surface area contributed by atoms with Gasteiger partial charge in [0.25, 0.3) is 0 Å². The SMILES string of the molecule is C[C@H]1CNCCN1c1ncc(C(F)(F)F)cn1. The van der Waals surface area contributed by atoms with Crippen LogP contribution in [0.2, 0.25) is 0 Å². The van der Waals surface area contributed by atoms with Crippen LogP contribution in [0.25, 0.3) is 0 Å². The van der Waals surface area contributed by atoms with E-state index in [-0.39, 0.29) is 6.04 Å². The Bertz CT molecular complexity index is 376. The Morgan fingerprint density at radius 1 is 1.35 bits per heavy atom. The molecular weight excluding hydrogens is 233 g/mol. The van der Waals surface area contributed by atoms with Gasteiger partial charge in [0.2, 0.25) is 5.95 Å². The molecule has 0 aliphatic carbocycles. The maximum Gasteiger partial charge on any atom is 0.419 e. The van der Waals surface area contributed by atoms with Crippen LogP contribution in [0.3, 0.4) is 0 Å². The smallest absolute Gasteiger partial charge is 0.336 e. The summed E-state index contributed by atoms with van der Waals surface area (Å²) in [4.78, 5) is 9.47. The van der Waals surface area contributed by atoms with Gasteiger partial charge in [0.05, 0.1) is 5.56 Å². The highest BCUT2D eigenvalue weighted by molar-refractivity contribution is 5.33. The van der Waals surface area contributed by atoms with Crippen molar-refractivity contribution in [3.8, 4) is 0 Å². The maximum atomic E-state index is 12.3. The molecule has 0 amide bonds. The first-order valence-corrected chi connectivity index (χ1v) is 5.35. The van der Waals surface area contributed by atoms with Gasteiger partial charge in [0.15, 0.2) is 0 Å². The van der Waals surface area contributed by atoms with Gasteiger partial charge < -0.3 is 10.2 Å². The summed E-state index contributed by atoms with van der Waals surface area (Å²) >= 11 is 0. The quantitative estimate of drug-likeness (QED) is 0.810. The molecule has 1 aromatic rings. The summed E-state index contributed by atoms with van der Waals surface area (Å²) in [6.45, 7) is 4.25. The van der Waals surface area contributed by atoms with Crippen LogP contribution in [-0.2, 0) is 6.18 Å². The summed E-state index contributed by atoms with van der Waals surface area (Å²) < 4.78 is 37.0. The summed E-state index contributed by atoms with van der Waals surface area (Å²) in [5.41, 5.74) is -0.816. The summed E-state index contributed by atoms with van der Waals surface area (Å²) in [5.74, 6) is 0.354. The lowest BCUT2D eigenvalue weighted by Crippen LogP contribution is -2.50. The lowest BCUT2D eigenvalue weighted by Gasteiger charge is -2.33. The monoisotopic (exact) mass is 246 g/mol. The Labute approximate surface area is 96.9 Å². The van der Waals surface area contributed by atoms with Crippen molar-refractivity contribution >= 4 is 5.95 Å². The number of halogens is 3. The van der Waals surface area contributed by atoms with Crippen LogP contribution in [0.5, 0.6) is 0 Å². The standard InChI is InChI=1S/C10H13F3N4/c1-7-4-14-2-3-17(7)9-15-5-8(6-16-9)10(11,12)13/h5-7,14H,2-4H2,1H3/t7-/m0/s1. The van der Waals surface area contributed by atoms with E-state index in [9.17, 15) is 13.2 Å². The number of aromatic nitrogens is 2. The molecule has 2 heterocycles. The van der Waals surface area contributed by atoms with E-state index >= 15 is 0 Å². The van der Waals surface area contributed by atoms with E-state index in [1.165, 1.54) is 0 Å². The number of rotatable bonds is 1. The van der Waals surface area contributed by atoms with E-state index < -0.39 is 11.7 Å². The number of alkyl halides is 3. The van der Waals surface area contributed by atoms with Crippen molar-refractivity contribution in [1.29, 1.82) is 0 Å². The molecule has 2 rings (SSSR count). The van der Waals surface area contributed by atoms with Crippen molar-refractivity contribution in [3.63, 3.8) is 0 Å². The molecule has 0 saturated carbocycles. The highest BCUT2D eigenvalue weighted by Gasteiger charge is 2.32. The van der Waals surface area contributed by atoms with E-state index in [2.05, 4.69) is 15.3 Å². The van der Waals surface area contributed by atoms with Gasteiger partial charge in [0.1, 0.15) is 0 Å². The molecule has 0 aromatic carbocycles. The number of hydrogen-bond acceptors (Lipinski definition) is 4. The Morgan fingerprint density at radius 2 is 2.00 bits per heavy atom. The van der Waals surface area contributed by atoms with Crippen molar-refractivity contribution in [1.82, 2.24) is 15.3 Å². The van der Waals surface area contributed by atoms with Gasteiger partial charge in [-0.1, -0.05) is 0 Å². The van der Waals surface area contributed by atoms with Gasteiger partial charge in [0, 0.05) is 38.1 Å². The van der Waals surface area contributed by atoms with E-state index in [1.807, 2.05) is 11.8 Å². The minimum absolute atomic E-state index is 0.181. The fraction of sp³-hybridized carbons (Fsp3) is 0.600. The van der Waals surface area contributed by atoms with E-state index in [0.29, 0.717) is 12.5 Å². The van der Waals surface area contributed by atoms with Gasteiger partial charge in [-0.3, -0.25) is 0 Å². The maximum absolute atomic E-state index is 12.3. The molecule has 0 spiro atoms. The normalized spacial score (nSPS) is 21.6. The summed E-state index contributed by atoms with van der Waals surface area (Å²) in [6, 6.07) is 0.181. The van der Waals surface area contributed by atoms with Crippen LogP contribution in [0.1, 0.15) is 12.5 Å². The zero-order valence-electron chi connectivity index (χ0n) is 9.33. The number of nitrogens with one attached hydrogen (secondary N) is 1. The molecule has 4 nitrogen and oxygen atoms in total. The second kappa shape index (κ2) is 4.48. The molecule has 1 fully saturated rings. The van der Waals surface area contributed by atoms with Crippen LogP contribution in [0.4, 0.5) is 19.1 Å². The third-order valence-electron chi connectivity index (χ3n) is 2.72. The summed E-state index contributed by atoms with van der Waals surface area (Å²) in [7, 11) is 0. The highest BCUT2D eigenvalue weighted by Crippen LogP contribution is 2.28. The molecule has 0 unspecified atom stereocenters. The van der Waals surface area contributed by atoms with Crippen LogP contribution in [0, 0.1) is 0 Å². The second-order valence-corrected chi connectivity index (χ2v) is 4.02. The average molecular weight is 246 g/mol. The number of nitrogens with zero attached hydrogens (tertiary/aromatic N) is 3. The van der Waals surface area contributed by atoms with Gasteiger partial charge in [-0.15, -0.1) is 0 Å². The van der Waals surface area contributed by atoms with Crippen molar-refractivity contribution in [2.24, 2.45) is 0 Å². The van der Waals surface area contributed by atoms with E-state index in [0.717, 1.165) is 25.5 Å². The Balaban J connectivity index is 2.17. The lowest BCUT2D eigenvalue weighted by atomic mass is 10.2. The second-order valence-electron chi connectivity index (χ2n) is 4.02. The van der Waals surface area contributed by atoms with Crippen molar-refractivity contribution in [2.75, 3.05) is 24.5 Å². The Morgan fingerprint density at radius 3 is 2.53 bits per heavy atom. The molecule has 1 atom stereocenters. The van der Waals surface area contributed by atoms with Crippen molar-refractivity contribution < 1.29 is 13.2 Å². The largest absolute Gasteiger partial charge is 0.419 e. The van der Waals surface area contributed by atoms with Gasteiger partial charge in [-0.2, -0.15) is 13.2 Å². The zero-order valence-corrected chi connectivity index (χ0v) is 9.33. The van der Waals surface area contributed by atoms with Crippen molar-refractivity contribution in [3.05, 3.63) is 18.0 Å². The fourth-order valence-electron chi connectivity index (χ4n) is 1.75. The van der Waals surface area contributed by atoms with Gasteiger partial charge in [-0.05, 0) is 6.92 Å². The Hall–Kier alpha value is -1.37. The fourth-order valence-corrected chi connectivity index (χ4v) is 1.75. The summed E-state index contributed by atoms with van der Waals surface area (Å²) in [6.07, 6.45) is -2.72. The van der Waals surface area contributed by atoms with Crippen molar-refractivity contribution in [2.45, 2.75) is 19.1 Å². The lowest BCUT2D eigenvalue weighted by molar-refractivity contribution is -0.138. The molecule has 1 aromatic heterocycles. The molecule has 1 aliphatic rings. The highest BCUT2D eigenvalue weighted by atomic mass is 19.4. The molecular formula is C10H13F3N4. The zero-order chi connectivity index (χ0) is 12.5. The first kappa shape index (κ1) is 12.1. The molecule has 1 N–H and O–H groups in total. The minimum atomic E-state index is -4.38. The molecule has 94 valence electrons. The molecule has 0 bridgehead atoms. The van der Waals surface area contributed by atoms with Crippen LogP contribution >= 0.6 is 0 Å². The third kappa shape index (κ3) is 2.66. The predicted molar refractivity (Wildman–Crippen MR) is 56.7 cm³/mol. The third-order valence-corrected chi connectivity index (χ3v) is 2.72. The van der Waals surface area contributed by atoms with Crippen LogP contribution < -0.4 is 10.2 Å².